The van der Waals surface area contributed by atoms with Gasteiger partial charge >= 0.3 is 0 Å². The molecule has 1 N–H and O–H groups in total. The minimum absolute atomic E-state index is 0.162. The molecule has 6 heteroatoms. The van der Waals surface area contributed by atoms with Gasteiger partial charge in [0.2, 0.25) is 0 Å². The molecule has 1 aliphatic rings. The molecule has 0 bridgehead atoms. The molecule has 3 rings (SSSR count). The Kier molecular flexibility index (Phi) is 4.44. The monoisotopic (exact) mass is 398 g/mol. The summed E-state index contributed by atoms with van der Waals surface area (Å²) >= 11 is 15.4. The van der Waals surface area contributed by atoms with Crippen molar-refractivity contribution in [1.82, 2.24) is 10.3 Å². The van der Waals surface area contributed by atoms with Gasteiger partial charge in [-0.25, -0.2) is 4.98 Å². The van der Waals surface area contributed by atoms with E-state index in [0.29, 0.717) is 5.02 Å². The molecule has 0 spiro atoms. The van der Waals surface area contributed by atoms with Crippen LogP contribution in [0, 0.1) is 0 Å². The second kappa shape index (κ2) is 6.19. The molecule has 22 heavy (non-hydrogen) atoms. The fourth-order valence-corrected chi connectivity index (χ4v) is 3.39. The van der Waals surface area contributed by atoms with Crippen molar-refractivity contribution in [2.75, 3.05) is 0 Å². The lowest BCUT2D eigenvalue weighted by Gasteiger charge is -2.43. The van der Waals surface area contributed by atoms with Crippen LogP contribution in [-0.2, 0) is 5.54 Å². The lowest BCUT2D eigenvalue weighted by molar-refractivity contribution is 0.0818. The van der Waals surface area contributed by atoms with Crippen LogP contribution in [0.1, 0.15) is 35.3 Å². The number of nitrogens with zero attached hydrogens (tertiary/aromatic N) is 1. The number of pyridine rings is 1. The van der Waals surface area contributed by atoms with Crippen LogP contribution in [0.2, 0.25) is 10.2 Å². The van der Waals surface area contributed by atoms with E-state index in [2.05, 4.69) is 26.2 Å². The van der Waals surface area contributed by atoms with E-state index in [1.165, 1.54) is 0 Å². The van der Waals surface area contributed by atoms with E-state index in [1.54, 1.807) is 12.1 Å². The van der Waals surface area contributed by atoms with Crippen LogP contribution in [0.4, 0.5) is 0 Å². The zero-order valence-corrected chi connectivity index (χ0v) is 14.7. The Hall–Kier alpha value is -1.10. The first kappa shape index (κ1) is 15.8. The number of rotatable bonds is 3. The summed E-state index contributed by atoms with van der Waals surface area (Å²) in [6, 6.07) is 11.1. The van der Waals surface area contributed by atoms with E-state index < -0.39 is 0 Å². The van der Waals surface area contributed by atoms with Crippen LogP contribution in [-0.4, -0.2) is 10.9 Å². The lowest BCUT2D eigenvalue weighted by Crippen LogP contribution is -2.51. The summed E-state index contributed by atoms with van der Waals surface area (Å²) in [5, 5.41) is 3.64. The highest BCUT2D eigenvalue weighted by atomic mass is 79.9. The fourth-order valence-electron chi connectivity index (χ4n) is 2.66. The van der Waals surface area contributed by atoms with Gasteiger partial charge in [0, 0.05) is 4.47 Å². The van der Waals surface area contributed by atoms with Crippen LogP contribution in [0.5, 0.6) is 0 Å². The largest absolute Gasteiger partial charge is 0.341 e. The summed E-state index contributed by atoms with van der Waals surface area (Å²) in [4.78, 5) is 16.6. The minimum Gasteiger partial charge on any atom is -0.341 e. The zero-order chi connectivity index (χ0) is 15.7. The summed E-state index contributed by atoms with van der Waals surface area (Å²) < 4.78 is 0.990. The predicted octanol–water partition coefficient (Wildman–Crippen LogP) is 4.96. The first-order valence-corrected chi connectivity index (χ1v) is 8.46. The number of aromatic nitrogens is 1. The first-order valence-electron chi connectivity index (χ1n) is 6.91. The second-order valence-corrected chi connectivity index (χ2v) is 7.07. The molecule has 114 valence electrons. The van der Waals surface area contributed by atoms with Crippen LogP contribution in [0.3, 0.4) is 0 Å². The van der Waals surface area contributed by atoms with Gasteiger partial charge in [0.05, 0.1) is 10.6 Å². The lowest BCUT2D eigenvalue weighted by atomic mass is 9.71. The molecule has 3 nitrogen and oxygen atoms in total. The predicted molar refractivity (Wildman–Crippen MR) is 91.4 cm³/mol. The number of halogens is 3. The van der Waals surface area contributed by atoms with Gasteiger partial charge in [0.15, 0.2) is 0 Å². The van der Waals surface area contributed by atoms with Crippen molar-refractivity contribution in [1.29, 1.82) is 0 Å². The topological polar surface area (TPSA) is 42.0 Å². The Bertz CT molecular complexity index is 732. The summed E-state index contributed by atoms with van der Waals surface area (Å²) in [5.74, 6) is -0.299. The minimum atomic E-state index is -0.353. The van der Waals surface area contributed by atoms with E-state index in [4.69, 9.17) is 23.2 Å². The van der Waals surface area contributed by atoms with Gasteiger partial charge in [-0.3, -0.25) is 4.79 Å². The molecule has 2 aromatic rings. The van der Waals surface area contributed by atoms with E-state index in [0.717, 1.165) is 29.3 Å². The second-order valence-electron chi connectivity index (χ2n) is 5.36. The molecule has 1 amide bonds. The van der Waals surface area contributed by atoms with Gasteiger partial charge in [0.25, 0.3) is 5.91 Å². The molecule has 0 aliphatic heterocycles. The highest BCUT2D eigenvalue weighted by Crippen LogP contribution is 2.42. The third kappa shape index (κ3) is 3.00. The molecule has 1 aromatic heterocycles. The number of hydrogen-bond acceptors (Lipinski definition) is 2. The van der Waals surface area contributed by atoms with Crippen molar-refractivity contribution < 1.29 is 4.79 Å². The van der Waals surface area contributed by atoms with E-state index in [-0.39, 0.29) is 22.3 Å². The van der Waals surface area contributed by atoms with E-state index in [9.17, 15) is 4.79 Å². The van der Waals surface area contributed by atoms with Crippen molar-refractivity contribution in [3.8, 4) is 0 Å². The van der Waals surface area contributed by atoms with Crippen LogP contribution >= 0.6 is 39.1 Å². The van der Waals surface area contributed by atoms with Gasteiger partial charge in [-0.2, -0.15) is 0 Å². The van der Waals surface area contributed by atoms with E-state index in [1.807, 2.05) is 24.3 Å². The molecule has 1 heterocycles. The maximum atomic E-state index is 12.6. The normalized spacial score (nSPS) is 16.0. The van der Waals surface area contributed by atoms with Crippen molar-refractivity contribution >= 4 is 45.0 Å². The molecule has 0 unspecified atom stereocenters. The smallest absolute Gasteiger partial charge is 0.272 e. The number of amides is 1. The summed E-state index contributed by atoms with van der Waals surface area (Å²) in [7, 11) is 0. The van der Waals surface area contributed by atoms with Gasteiger partial charge in [-0.05, 0) is 49.1 Å². The van der Waals surface area contributed by atoms with Gasteiger partial charge in [-0.15, -0.1) is 0 Å². The van der Waals surface area contributed by atoms with Crippen molar-refractivity contribution in [3.63, 3.8) is 0 Å². The van der Waals surface area contributed by atoms with Crippen molar-refractivity contribution in [2.45, 2.75) is 24.8 Å². The van der Waals surface area contributed by atoms with E-state index >= 15 is 0 Å². The summed E-state index contributed by atoms with van der Waals surface area (Å²) in [6.07, 6.45) is 2.87. The maximum absolute atomic E-state index is 12.6. The Balaban J connectivity index is 1.90. The van der Waals surface area contributed by atoms with Gasteiger partial charge in [0.1, 0.15) is 10.8 Å². The van der Waals surface area contributed by atoms with Crippen LogP contribution < -0.4 is 5.32 Å². The highest BCUT2D eigenvalue weighted by molar-refractivity contribution is 9.10. The molecule has 0 saturated heterocycles. The van der Waals surface area contributed by atoms with Gasteiger partial charge < -0.3 is 5.32 Å². The van der Waals surface area contributed by atoms with Gasteiger partial charge in [-0.1, -0.05) is 51.3 Å². The fraction of sp³-hybridized carbons (Fsp3) is 0.250. The quantitative estimate of drug-likeness (QED) is 0.741. The van der Waals surface area contributed by atoms with Crippen molar-refractivity contribution in [2.24, 2.45) is 0 Å². The van der Waals surface area contributed by atoms with Crippen molar-refractivity contribution in [3.05, 3.63) is 62.3 Å². The molecular formula is C16H13BrCl2N2O. The average molecular weight is 400 g/mol. The molecule has 1 aliphatic carbocycles. The Morgan fingerprint density at radius 2 is 2.00 bits per heavy atom. The standard InChI is InChI=1S/C16H13BrCl2N2O/c17-11-4-1-3-10(9-11)16(7-2-8-16)21-15(22)14-12(18)5-6-13(19)20-14/h1,3-6,9H,2,7-8H2,(H,21,22). The number of hydrogen-bond donors (Lipinski definition) is 1. The van der Waals surface area contributed by atoms with Crippen LogP contribution in [0.15, 0.2) is 40.9 Å². The summed E-state index contributed by atoms with van der Waals surface area (Å²) in [6.45, 7) is 0. The molecular weight excluding hydrogens is 387 g/mol. The number of nitrogens with one attached hydrogen (secondary N) is 1. The Morgan fingerprint density at radius 3 is 2.64 bits per heavy atom. The Labute approximate surface area is 147 Å². The number of carbonyl (C=O) groups is 1. The first-order chi connectivity index (χ1) is 10.5. The highest BCUT2D eigenvalue weighted by Gasteiger charge is 2.40. The molecule has 1 saturated carbocycles. The molecule has 1 aromatic carbocycles. The third-order valence-corrected chi connectivity index (χ3v) is 4.97. The SMILES string of the molecule is O=C(NC1(c2cccc(Br)c2)CCC1)c1nc(Cl)ccc1Cl. The summed E-state index contributed by atoms with van der Waals surface area (Å²) in [5.41, 5.74) is 0.892. The average Bonchev–Trinajstić information content (AvgIpc) is 2.45. The molecule has 0 radical (unpaired) electrons. The molecule has 0 atom stereocenters. The molecule has 1 fully saturated rings. The zero-order valence-electron chi connectivity index (χ0n) is 11.6. The van der Waals surface area contributed by atoms with Crippen LogP contribution in [0.25, 0.3) is 0 Å². The number of carbonyl (C=O) groups excluding carboxylic acids is 1. The Morgan fingerprint density at radius 1 is 1.23 bits per heavy atom. The maximum Gasteiger partial charge on any atom is 0.272 e. The number of benzene rings is 1. The third-order valence-electron chi connectivity index (χ3n) is 3.96.